The molecule has 2 heterocycles. The third kappa shape index (κ3) is 6.53. The Balaban J connectivity index is 1.07. The molecule has 2 amide bonds. The number of H-pyrrole nitrogens is 1. The molecule has 2 aromatic carbocycles. The molecule has 6 rings (SSSR count). The minimum Gasteiger partial charge on any atom is -0.444 e. The zero-order valence-electron chi connectivity index (χ0n) is 29.0. The number of ketones is 1. The van der Waals surface area contributed by atoms with Gasteiger partial charge in [0.25, 0.3) is 0 Å². The fraction of sp³-hybridized carbons (Fsp3) is 0.526. The summed E-state index contributed by atoms with van der Waals surface area (Å²) in [6, 6.07) is 12.0. The highest BCUT2D eigenvalue weighted by Gasteiger charge is 2.41. The Bertz CT molecular complexity index is 1790. The predicted octanol–water partition coefficient (Wildman–Crippen LogP) is 5.83. The van der Waals surface area contributed by atoms with E-state index in [1.165, 1.54) is 0 Å². The number of benzene rings is 2. The molecule has 10 nitrogen and oxygen atoms in total. The number of carbonyl (C=O) groups is 3. The fourth-order valence-electron chi connectivity index (χ4n) is 7.59. The van der Waals surface area contributed by atoms with E-state index in [1.54, 1.807) is 6.07 Å². The van der Waals surface area contributed by atoms with Gasteiger partial charge in [0.1, 0.15) is 12.2 Å². The first-order chi connectivity index (χ1) is 22.8. The number of hydrogen-bond donors (Lipinski definition) is 2. The van der Waals surface area contributed by atoms with Crippen molar-refractivity contribution in [2.24, 2.45) is 5.92 Å². The van der Waals surface area contributed by atoms with E-state index in [2.05, 4.69) is 54.2 Å². The number of piperazine rings is 1. The lowest BCUT2D eigenvalue weighted by molar-refractivity contribution is -0.136. The van der Waals surface area contributed by atoms with Gasteiger partial charge in [0.15, 0.2) is 5.78 Å². The first kappa shape index (κ1) is 33.5. The molecule has 0 bridgehead atoms. The zero-order valence-corrected chi connectivity index (χ0v) is 29.0. The molecule has 0 unspecified atom stereocenters. The number of fused-ring (bicyclic) bond motifs is 4. The number of aryl methyl sites for hydroxylation is 1. The van der Waals surface area contributed by atoms with Crippen LogP contribution in [0.3, 0.4) is 0 Å². The minimum atomic E-state index is -0.526. The number of aromatic amines is 1. The standard InChI is InChI=1S/C38H47N5O5/c1-7-25-18-28-29(38(5,6)35-33(34(28)45)27-11-9-23(20-39)17-30(27)41-35)19-31(25)42-12-14-43(15-13-42)32(44)22-47-21-24-8-10-26(16-24)40-36(46)48-37(2,3)4/h9,11,17-19,24,26,41H,7-8,10,12-16,21-22H2,1-6H3,(H,40,46)/t24-,26+/m0/s1. The van der Waals surface area contributed by atoms with Crippen LogP contribution in [0.2, 0.25) is 0 Å². The van der Waals surface area contributed by atoms with Crippen molar-refractivity contribution >= 4 is 34.4 Å². The fourth-order valence-corrected chi connectivity index (χ4v) is 7.59. The van der Waals surface area contributed by atoms with Crippen molar-refractivity contribution in [3.63, 3.8) is 0 Å². The predicted molar refractivity (Wildman–Crippen MR) is 185 cm³/mol. The van der Waals surface area contributed by atoms with Crippen LogP contribution >= 0.6 is 0 Å². The Kier molecular flexibility index (Phi) is 9.03. The maximum Gasteiger partial charge on any atom is 0.407 e. The lowest BCUT2D eigenvalue weighted by Crippen LogP contribution is -2.50. The molecule has 2 fully saturated rings. The minimum absolute atomic E-state index is 0.00476. The summed E-state index contributed by atoms with van der Waals surface area (Å²) in [5.41, 5.74) is 5.91. The van der Waals surface area contributed by atoms with Gasteiger partial charge in [-0.25, -0.2) is 4.79 Å². The third-order valence-corrected chi connectivity index (χ3v) is 10.1. The van der Waals surface area contributed by atoms with Crippen LogP contribution in [0.1, 0.15) is 99.1 Å². The first-order valence-electron chi connectivity index (χ1n) is 17.2. The van der Waals surface area contributed by atoms with Gasteiger partial charge in [0, 0.05) is 65.5 Å². The number of anilines is 1. The molecule has 0 radical (unpaired) electrons. The molecule has 2 N–H and O–H groups in total. The number of hydrogen-bond acceptors (Lipinski definition) is 7. The second-order valence-electron chi connectivity index (χ2n) is 15.0. The van der Waals surface area contributed by atoms with Gasteiger partial charge in [-0.15, -0.1) is 0 Å². The van der Waals surface area contributed by atoms with Gasteiger partial charge in [-0.2, -0.15) is 5.26 Å². The van der Waals surface area contributed by atoms with E-state index in [4.69, 9.17) is 9.47 Å². The molecule has 48 heavy (non-hydrogen) atoms. The number of carbonyl (C=O) groups excluding carboxylic acids is 3. The Morgan fingerprint density at radius 1 is 1.10 bits per heavy atom. The van der Waals surface area contributed by atoms with Crippen LogP contribution in [-0.4, -0.2) is 78.7 Å². The Hall–Kier alpha value is -4.36. The van der Waals surface area contributed by atoms with Crippen LogP contribution in [0.15, 0.2) is 30.3 Å². The molecule has 254 valence electrons. The first-order valence-corrected chi connectivity index (χ1v) is 17.2. The number of amides is 2. The normalized spacial score (nSPS) is 20.3. The van der Waals surface area contributed by atoms with Crippen molar-refractivity contribution in [2.75, 3.05) is 44.3 Å². The van der Waals surface area contributed by atoms with Gasteiger partial charge in [-0.05, 0) is 87.8 Å². The van der Waals surface area contributed by atoms with Crippen molar-refractivity contribution in [1.29, 1.82) is 5.26 Å². The summed E-state index contributed by atoms with van der Waals surface area (Å²) in [6.45, 7) is 15.1. The number of alkyl carbamates (subject to hydrolysis) is 1. The Morgan fingerprint density at radius 2 is 1.85 bits per heavy atom. The topological polar surface area (TPSA) is 128 Å². The highest BCUT2D eigenvalue weighted by atomic mass is 16.6. The molecule has 3 aromatic rings. The van der Waals surface area contributed by atoms with E-state index >= 15 is 0 Å². The van der Waals surface area contributed by atoms with E-state index in [9.17, 15) is 19.6 Å². The van der Waals surface area contributed by atoms with Crippen LogP contribution in [0.4, 0.5) is 10.5 Å². The molecule has 2 aliphatic carbocycles. The van der Waals surface area contributed by atoms with Crippen LogP contribution in [0.25, 0.3) is 10.9 Å². The van der Waals surface area contributed by atoms with Crippen molar-refractivity contribution in [3.8, 4) is 6.07 Å². The smallest absolute Gasteiger partial charge is 0.407 e. The van der Waals surface area contributed by atoms with Crippen molar-refractivity contribution in [1.82, 2.24) is 15.2 Å². The summed E-state index contributed by atoms with van der Waals surface area (Å²) in [4.78, 5) is 46.9. The van der Waals surface area contributed by atoms with Crippen molar-refractivity contribution in [2.45, 2.75) is 84.3 Å². The van der Waals surface area contributed by atoms with Gasteiger partial charge >= 0.3 is 6.09 Å². The number of aromatic nitrogens is 1. The van der Waals surface area contributed by atoms with E-state index in [0.717, 1.165) is 64.7 Å². The Labute approximate surface area is 282 Å². The van der Waals surface area contributed by atoms with E-state index in [1.807, 2.05) is 37.8 Å². The molecule has 2 atom stereocenters. The van der Waals surface area contributed by atoms with Gasteiger partial charge in [0.05, 0.1) is 23.8 Å². The van der Waals surface area contributed by atoms with Crippen molar-refractivity contribution in [3.05, 3.63) is 63.8 Å². The lowest BCUT2D eigenvalue weighted by Gasteiger charge is -2.39. The van der Waals surface area contributed by atoms with Crippen LogP contribution in [0, 0.1) is 17.2 Å². The van der Waals surface area contributed by atoms with E-state index in [-0.39, 0.29) is 30.4 Å². The quantitative estimate of drug-likeness (QED) is 0.328. The largest absolute Gasteiger partial charge is 0.444 e. The Morgan fingerprint density at radius 3 is 2.54 bits per heavy atom. The summed E-state index contributed by atoms with van der Waals surface area (Å²) >= 11 is 0. The van der Waals surface area contributed by atoms with E-state index < -0.39 is 11.0 Å². The maximum absolute atomic E-state index is 14.0. The number of nitriles is 1. The molecule has 3 aliphatic rings. The molecule has 10 heteroatoms. The average molecular weight is 654 g/mol. The third-order valence-electron chi connectivity index (χ3n) is 10.1. The summed E-state index contributed by atoms with van der Waals surface area (Å²) in [5.74, 6) is 0.312. The summed E-state index contributed by atoms with van der Waals surface area (Å²) in [5, 5.41) is 13.2. The van der Waals surface area contributed by atoms with Crippen LogP contribution in [0.5, 0.6) is 0 Å². The second-order valence-corrected chi connectivity index (χ2v) is 15.0. The lowest BCUT2D eigenvalue weighted by atomic mass is 9.70. The number of rotatable bonds is 7. The molecule has 1 aliphatic heterocycles. The molecule has 1 saturated carbocycles. The van der Waals surface area contributed by atoms with Crippen LogP contribution in [-0.2, 0) is 26.1 Å². The highest BCUT2D eigenvalue weighted by molar-refractivity contribution is 6.20. The van der Waals surface area contributed by atoms with Gasteiger partial charge in [-0.3, -0.25) is 9.59 Å². The second kappa shape index (κ2) is 12.9. The maximum atomic E-state index is 14.0. The number of nitrogens with zero attached hydrogens (tertiary/aromatic N) is 3. The monoisotopic (exact) mass is 653 g/mol. The zero-order chi connectivity index (χ0) is 34.4. The summed E-state index contributed by atoms with van der Waals surface area (Å²) < 4.78 is 11.2. The number of ether oxygens (including phenoxy) is 2. The van der Waals surface area contributed by atoms with E-state index in [0.29, 0.717) is 49.8 Å². The molecule has 1 saturated heterocycles. The summed E-state index contributed by atoms with van der Waals surface area (Å²) in [7, 11) is 0. The average Bonchev–Trinajstić information content (AvgIpc) is 3.66. The molecule has 0 spiro atoms. The van der Waals surface area contributed by atoms with Crippen LogP contribution < -0.4 is 10.2 Å². The number of nitrogens with one attached hydrogen (secondary N) is 2. The van der Waals surface area contributed by atoms with Gasteiger partial charge in [-0.1, -0.05) is 26.8 Å². The van der Waals surface area contributed by atoms with Gasteiger partial charge in [0.2, 0.25) is 5.91 Å². The van der Waals surface area contributed by atoms with Crippen molar-refractivity contribution < 1.29 is 23.9 Å². The molecule has 1 aromatic heterocycles. The summed E-state index contributed by atoms with van der Waals surface area (Å²) in [6.07, 6.45) is 3.04. The molecular formula is C38H47N5O5. The SMILES string of the molecule is CCc1cc2c(cc1N1CCN(C(=O)COC[C@H]3CC[C@@H](NC(=O)OC(C)(C)C)C3)CC1)C(C)(C)c1[nH]c3cc(C#N)ccc3c1C2=O. The molecular weight excluding hydrogens is 606 g/mol. The van der Waals surface area contributed by atoms with Gasteiger partial charge < -0.3 is 29.6 Å². The highest BCUT2D eigenvalue weighted by Crippen LogP contribution is 2.46.